The van der Waals surface area contributed by atoms with Gasteiger partial charge in [0.05, 0.1) is 12.2 Å². The van der Waals surface area contributed by atoms with Gasteiger partial charge in [-0.25, -0.2) is 0 Å². The molecule has 4 rings (SSSR count). The van der Waals surface area contributed by atoms with Gasteiger partial charge in [-0.05, 0) is 89.6 Å². The van der Waals surface area contributed by atoms with Gasteiger partial charge in [-0.2, -0.15) is 5.10 Å². The Balaban J connectivity index is 1.50. The third-order valence-corrected chi connectivity index (χ3v) is 6.11. The number of hydrogen-bond donors (Lipinski definition) is 0. The number of rotatable bonds is 5. The van der Waals surface area contributed by atoms with Crippen molar-refractivity contribution >= 4 is 34.0 Å². The van der Waals surface area contributed by atoms with Gasteiger partial charge in [-0.1, -0.05) is 60.7 Å². The molecular formula is C25H25IN2. The van der Waals surface area contributed by atoms with E-state index in [1.54, 1.807) is 0 Å². The van der Waals surface area contributed by atoms with Gasteiger partial charge in [-0.15, -0.1) is 0 Å². The zero-order chi connectivity index (χ0) is 19.2. The molecule has 3 aromatic rings. The molecule has 0 atom stereocenters. The average molecular weight is 480 g/mol. The lowest BCUT2D eigenvalue weighted by Crippen LogP contribution is -2.21. The van der Waals surface area contributed by atoms with Crippen LogP contribution in [0.2, 0.25) is 0 Å². The molecule has 1 saturated carbocycles. The van der Waals surface area contributed by atoms with Crippen LogP contribution in [0.25, 0.3) is 0 Å². The molecule has 0 aliphatic heterocycles. The zero-order valence-corrected chi connectivity index (χ0v) is 18.1. The van der Waals surface area contributed by atoms with E-state index in [4.69, 9.17) is 5.10 Å². The average Bonchev–Trinajstić information content (AvgIpc) is 2.76. The summed E-state index contributed by atoms with van der Waals surface area (Å²) in [5, 5.41) is 7.27. The standard InChI is InChI=1S/C25H25IN2/c26-23-15-11-20(12-16-23)19-28(25-9-5-2-6-10-25)27-24-17-13-22(14-18-24)21-7-3-1-4-8-21/h1-12,15-16,22H,13-14,17-19H2. The highest BCUT2D eigenvalue weighted by molar-refractivity contribution is 14.1. The van der Waals surface area contributed by atoms with Crippen molar-refractivity contribution in [2.24, 2.45) is 5.10 Å². The van der Waals surface area contributed by atoms with E-state index in [1.165, 1.54) is 33.3 Å². The Labute approximate surface area is 181 Å². The molecule has 0 N–H and O–H groups in total. The molecule has 0 heterocycles. The molecule has 2 nitrogen and oxygen atoms in total. The Kier molecular flexibility index (Phi) is 6.42. The Hall–Kier alpha value is -2.14. The van der Waals surface area contributed by atoms with Crippen LogP contribution in [-0.4, -0.2) is 5.71 Å². The summed E-state index contributed by atoms with van der Waals surface area (Å²) in [6.07, 6.45) is 4.54. The summed E-state index contributed by atoms with van der Waals surface area (Å²) >= 11 is 2.35. The van der Waals surface area contributed by atoms with Gasteiger partial charge in [0.25, 0.3) is 0 Å². The smallest absolute Gasteiger partial charge is 0.0666 e. The lowest BCUT2D eigenvalue weighted by atomic mass is 9.83. The Morgan fingerprint density at radius 1 is 0.786 bits per heavy atom. The quantitative estimate of drug-likeness (QED) is 0.283. The monoisotopic (exact) mass is 480 g/mol. The van der Waals surface area contributed by atoms with Crippen LogP contribution in [0, 0.1) is 3.57 Å². The number of halogens is 1. The van der Waals surface area contributed by atoms with Crippen LogP contribution in [0.15, 0.2) is 90.0 Å². The minimum absolute atomic E-state index is 0.668. The highest BCUT2D eigenvalue weighted by Crippen LogP contribution is 2.32. The second-order valence-electron chi connectivity index (χ2n) is 7.37. The van der Waals surface area contributed by atoms with E-state index in [0.717, 1.165) is 25.1 Å². The minimum Gasteiger partial charge on any atom is -0.261 e. The van der Waals surface area contributed by atoms with E-state index in [0.29, 0.717) is 5.92 Å². The summed E-state index contributed by atoms with van der Waals surface area (Å²) < 4.78 is 1.26. The SMILES string of the molecule is Ic1ccc(CN(N=C2CCC(c3ccccc3)CC2)c2ccccc2)cc1. The molecule has 0 radical (unpaired) electrons. The van der Waals surface area contributed by atoms with Crippen LogP contribution >= 0.6 is 22.6 Å². The second kappa shape index (κ2) is 9.37. The Morgan fingerprint density at radius 2 is 1.39 bits per heavy atom. The van der Waals surface area contributed by atoms with Crippen molar-refractivity contribution in [3.63, 3.8) is 0 Å². The number of anilines is 1. The third kappa shape index (κ3) is 5.02. The first-order valence-corrected chi connectivity index (χ1v) is 11.0. The molecule has 1 fully saturated rings. The molecule has 0 amide bonds. The van der Waals surface area contributed by atoms with Crippen LogP contribution in [-0.2, 0) is 6.54 Å². The van der Waals surface area contributed by atoms with Crippen molar-refractivity contribution in [2.45, 2.75) is 38.1 Å². The van der Waals surface area contributed by atoms with Gasteiger partial charge < -0.3 is 0 Å². The van der Waals surface area contributed by atoms with Gasteiger partial charge in [0, 0.05) is 9.28 Å². The fourth-order valence-corrected chi connectivity index (χ4v) is 4.19. The molecule has 0 spiro atoms. The van der Waals surface area contributed by atoms with E-state index in [9.17, 15) is 0 Å². The van der Waals surface area contributed by atoms with E-state index in [-0.39, 0.29) is 0 Å². The molecule has 3 heteroatoms. The topological polar surface area (TPSA) is 15.6 Å². The Morgan fingerprint density at radius 3 is 2.04 bits per heavy atom. The van der Waals surface area contributed by atoms with E-state index in [1.807, 2.05) is 0 Å². The molecule has 0 saturated heterocycles. The summed E-state index contributed by atoms with van der Waals surface area (Å²) in [6.45, 7) is 0.798. The molecule has 3 aromatic carbocycles. The summed E-state index contributed by atoms with van der Waals surface area (Å²) in [4.78, 5) is 0. The van der Waals surface area contributed by atoms with Gasteiger partial charge >= 0.3 is 0 Å². The maximum atomic E-state index is 5.10. The van der Waals surface area contributed by atoms with Crippen molar-refractivity contribution in [1.29, 1.82) is 0 Å². The predicted octanol–water partition coefficient (Wildman–Crippen LogP) is 7.01. The van der Waals surface area contributed by atoms with Crippen LogP contribution in [0.5, 0.6) is 0 Å². The highest BCUT2D eigenvalue weighted by Gasteiger charge is 2.20. The molecule has 0 bridgehead atoms. The summed E-state index contributed by atoms with van der Waals surface area (Å²) in [6, 6.07) is 30.2. The van der Waals surface area contributed by atoms with Crippen molar-refractivity contribution in [3.8, 4) is 0 Å². The van der Waals surface area contributed by atoms with Crippen LogP contribution in [0.1, 0.15) is 42.7 Å². The molecule has 142 valence electrons. The fraction of sp³-hybridized carbons (Fsp3) is 0.240. The number of nitrogens with zero attached hydrogens (tertiary/aromatic N) is 2. The minimum atomic E-state index is 0.668. The van der Waals surface area contributed by atoms with Gasteiger partial charge in [0.1, 0.15) is 0 Å². The first-order chi connectivity index (χ1) is 13.8. The summed E-state index contributed by atoms with van der Waals surface area (Å²) in [5.41, 5.74) is 5.23. The van der Waals surface area contributed by atoms with Crippen molar-refractivity contribution in [2.75, 3.05) is 5.01 Å². The molecule has 1 aliphatic rings. The van der Waals surface area contributed by atoms with Gasteiger partial charge in [0.15, 0.2) is 0 Å². The van der Waals surface area contributed by atoms with Crippen LogP contribution in [0.3, 0.4) is 0 Å². The van der Waals surface area contributed by atoms with Crippen LogP contribution in [0.4, 0.5) is 5.69 Å². The zero-order valence-electron chi connectivity index (χ0n) is 16.0. The Bertz CT molecular complexity index is 894. The van der Waals surface area contributed by atoms with E-state index < -0.39 is 0 Å². The normalized spacial score (nSPS) is 16.6. The molecular weight excluding hydrogens is 455 g/mol. The molecule has 1 aliphatic carbocycles. The summed E-state index contributed by atoms with van der Waals surface area (Å²) in [7, 11) is 0. The van der Waals surface area contributed by atoms with Crippen LogP contribution < -0.4 is 5.01 Å². The number of benzene rings is 3. The maximum absolute atomic E-state index is 5.10. The lowest BCUT2D eigenvalue weighted by Gasteiger charge is -2.26. The number of hydrogen-bond acceptors (Lipinski definition) is 2. The number of hydrazone groups is 1. The molecule has 28 heavy (non-hydrogen) atoms. The lowest BCUT2D eigenvalue weighted by molar-refractivity contribution is 0.563. The van der Waals surface area contributed by atoms with Crippen molar-refractivity contribution < 1.29 is 0 Å². The van der Waals surface area contributed by atoms with Crippen molar-refractivity contribution in [1.82, 2.24) is 0 Å². The van der Waals surface area contributed by atoms with Crippen molar-refractivity contribution in [3.05, 3.63) is 99.6 Å². The van der Waals surface area contributed by atoms with Gasteiger partial charge in [-0.3, -0.25) is 5.01 Å². The highest BCUT2D eigenvalue weighted by atomic mass is 127. The second-order valence-corrected chi connectivity index (χ2v) is 8.62. The maximum Gasteiger partial charge on any atom is 0.0666 e. The van der Waals surface area contributed by atoms with E-state index >= 15 is 0 Å². The molecule has 0 unspecified atom stereocenters. The largest absolute Gasteiger partial charge is 0.261 e. The molecule has 0 aromatic heterocycles. The predicted molar refractivity (Wildman–Crippen MR) is 127 cm³/mol. The summed E-state index contributed by atoms with van der Waals surface area (Å²) in [5.74, 6) is 0.668. The number of para-hydroxylation sites is 1. The first-order valence-electron chi connectivity index (χ1n) is 9.96. The van der Waals surface area contributed by atoms with Gasteiger partial charge in [0.2, 0.25) is 0 Å². The first kappa shape index (κ1) is 19.2. The van der Waals surface area contributed by atoms with E-state index in [2.05, 4.69) is 113 Å². The fourth-order valence-electron chi connectivity index (χ4n) is 3.83. The third-order valence-electron chi connectivity index (χ3n) is 5.40.